The highest BCUT2D eigenvalue weighted by atomic mass is 79.9. The highest BCUT2D eigenvalue weighted by Crippen LogP contribution is 2.25. The second kappa shape index (κ2) is 11.3. The van der Waals surface area contributed by atoms with E-state index in [1.54, 1.807) is 12.1 Å². The van der Waals surface area contributed by atoms with Gasteiger partial charge in [-0.15, -0.1) is 0 Å². The summed E-state index contributed by atoms with van der Waals surface area (Å²) >= 11 is 3.39. The van der Waals surface area contributed by atoms with Crippen molar-refractivity contribution < 1.29 is 14.3 Å². The third kappa shape index (κ3) is 6.18. The van der Waals surface area contributed by atoms with Gasteiger partial charge in [-0.1, -0.05) is 89.9 Å². The SMILES string of the molecule is CCCCOc1ccc(Br)cc1C(=O)NNC(=O)C(c1ccccc1)c1ccccc1. The Morgan fingerprint density at radius 1 is 0.903 bits per heavy atom. The Morgan fingerprint density at radius 3 is 2.10 bits per heavy atom. The fraction of sp³-hybridized carbons (Fsp3) is 0.200. The van der Waals surface area contributed by atoms with Gasteiger partial charge in [0.15, 0.2) is 0 Å². The Kier molecular flexibility index (Phi) is 8.24. The van der Waals surface area contributed by atoms with Crippen molar-refractivity contribution in [2.75, 3.05) is 6.61 Å². The van der Waals surface area contributed by atoms with Gasteiger partial charge in [-0.2, -0.15) is 0 Å². The normalized spacial score (nSPS) is 10.5. The van der Waals surface area contributed by atoms with E-state index in [2.05, 4.69) is 33.7 Å². The van der Waals surface area contributed by atoms with Gasteiger partial charge < -0.3 is 4.74 Å². The molecule has 2 N–H and O–H groups in total. The molecule has 3 aromatic rings. The number of benzene rings is 3. The quantitative estimate of drug-likeness (QED) is 0.343. The summed E-state index contributed by atoms with van der Waals surface area (Å²) in [6, 6.07) is 24.2. The predicted octanol–water partition coefficient (Wildman–Crippen LogP) is 5.22. The van der Waals surface area contributed by atoms with Crippen LogP contribution in [0.25, 0.3) is 0 Å². The topological polar surface area (TPSA) is 67.4 Å². The molecule has 0 aliphatic heterocycles. The first-order valence-electron chi connectivity index (χ1n) is 10.2. The first-order chi connectivity index (χ1) is 15.1. The molecule has 0 aromatic heterocycles. The molecule has 160 valence electrons. The minimum absolute atomic E-state index is 0.325. The van der Waals surface area contributed by atoms with Crippen LogP contribution in [0.2, 0.25) is 0 Å². The van der Waals surface area contributed by atoms with Crippen molar-refractivity contribution >= 4 is 27.7 Å². The van der Waals surface area contributed by atoms with Crippen molar-refractivity contribution in [1.29, 1.82) is 0 Å². The molecule has 0 bridgehead atoms. The number of ether oxygens (including phenoxy) is 1. The second-order valence-electron chi connectivity index (χ2n) is 7.04. The molecule has 0 unspecified atom stereocenters. The Bertz CT molecular complexity index is 970. The number of halogens is 1. The van der Waals surface area contributed by atoms with E-state index in [0.717, 1.165) is 28.4 Å². The number of hydrogen-bond acceptors (Lipinski definition) is 3. The van der Waals surface area contributed by atoms with Gasteiger partial charge in [-0.3, -0.25) is 20.4 Å². The second-order valence-corrected chi connectivity index (χ2v) is 7.96. The number of carbonyl (C=O) groups is 2. The van der Waals surface area contributed by atoms with Crippen molar-refractivity contribution in [2.24, 2.45) is 0 Å². The number of rotatable bonds is 8. The van der Waals surface area contributed by atoms with E-state index >= 15 is 0 Å². The van der Waals surface area contributed by atoms with E-state index in [-0.39, 0.29) is 5.91 Å². The lowest BCUT2D eigenvalue weighted by Gasteiger charge is -2.18. The van der Waals surface area contributed by atoms with Crippen LogP contribution < -0.4 is 15.6 Å². The molecule has 5 nitrogen and oxygen atoms in total. The number of nitrogens with one attached hydrogen (secondary N) is 2. The molecule has 2 amide bonds. The largest absolute Gasteiger partial charge is 0.493 e. The minimum atomic E-state index is -0.550. The van der Waals surface area contributed by atoms with Crippen molar-refractivity contribution in [3.05, 3.63) is 100 Å². The first kappa shape index (κ1) is 22.6. The molecule has 0 heterocycles. The minimum Gasteiger partial charge on any atom is -0.493 e. The van der Waals surface area contributed by atoms with Gasteiger partial charge >= 0.3 is 0 Å². The Morgan fingerprint density at radius 2 is 1.52 bits per heavy atom. The fourth-order valence-electron chi connectivity index (χ4n) is 3.18. The maximum absolute atomic E-state index is 13.1. The highest BCUT2D eigenvalue weighted by Gasteiger charge is 2.23. The number of amides is 2. The standard InChI is InChI=1S/C25H25BrN2O3/c1-2-3-16-31-22-15-14-20(26)17-21(22)24(29)27-28-25(30)23(18-10-6-4-7-11-18)19-12-8-5-9-13-19/h4-15,17,23H,2-3,16H2,1H3,(H,27,29)(H,28,30). The van der Waals surface area contributed by atoms with Crippen LogP contribution in [0.4, 0.5) is 0 Å². The van der Waals surface area contributed by atoms with E-state index < -0.39 is 11.8 Å². The van der Waals surface area contributed by atoms with Gasteiger partial charge in [-0.25, -0.2) is 0 Å². The van der Waals surface area contributed by atoms with Crippen LogP contribution in [0, 0.1) is 0 Å². The van der Waals surface area contributed by atoms with Crippen LogP contribution >= 0.6 is 15.9 Å². The molecular formula is C25H25BrN2O3. The van der Waals surface area contributed by atoms with Crippen molar-refractivity contribution in [2.45, 2.75) is 25.7 Å². The molecule has 31 heavy (non-hydrogen) atoms. The molecule has 0 radical (unpaired) electrons. The van der Waals surface area contributed by atoms with Crippen molar-refractivity contribution in [1.82, 2.24) is 10.9 Å². The van der Waals surface area contributed by atoms with Crippen LogP contribution in [0.3, 0.4) is 0 Å². The molecule has 3 aromatic carbocycles. The summed E-state index contributed by atoms with van der Waals surface area (Å²) in [6.45, 7) is 2.60. The summed E-state index contributed by atoms with van der Waals surface area (Å²) in [5, 5.41) is 0. The molecule has 0 spiro atoms. The van der Waals surface area contributed by atoms with Gasteiger partial charge in [0.05, 0.1) is 18.1 Å². The molecular weight excluding hydrogens is 456 g/mol. The zero-order valence-corrected chi connectivity index (χ0v) is 18.9. The lowest BCUT2D eigenvalue weighted by Crippen LogP contribution is -2.44. The third-order valence-corrected chi connectivity index (χ3v) is 5.26. The third-order valence-electron chi connectivity index (χ3n) is 4.77. The first-order valence-corrected chi connectivity index (χ1v) is 11.0. The number of hydrogen-bond donors (Lipinski definition) is 2. The highest BCUT2D eigenvalue weighted by molar-refractivity contribution is 9.10. The van der Waals surface area contributed by atoms with E-state index in [4.69, 9.17) is 4.74 Å². The van der Waals surface area contributed by atoms with Gasteiger partial charge in [0, 0.05) is 4.47 Å². The monoisotopic (exact) mass is 480 g/mol. The lowest BCUT2D eigenvalue weighted by molar-refractivity contribution is -0.122. The van der Waals surface area contributed by atoms with Gasteiger partial charge in [0.1, 0.15) is 5.75 Å². The molecule has 0 fully saturated rings. The zero-order valence-electron chi connectivity index (χ0n) is 17.3. The summed E-state index contributed by atoms with van der Waals surface area (Å²) in [5.41, 5.74) is 7.15. The average molecular weight is 481 g/mol. The maximum atomic E-state index is 13.1. The molecule has 0 atom stereocenters. The average Bonchev–Trinajstić information content (AvgIpc) is 2.80. The number of hydrazine groups is 1. The molecule has 0 aliphatic rings. The van der Waals surface area contributed by atoms with Gasteiger partial charge in [0.25, 0.3) is 5.91 Å². The fourth-order valence-corrected chi connectivity index (χ4v) is 3.54. The molecule has 6 heteroatoms. The summed E-state index contributed by atoms with van der Waals surface area (Å²) in [7, 11) is 0. The van der Waals surface area contributed by atoms with Crippen LogP contribution in [0.15, 0.2) is 83.3 Å². The predicted molar refractivity (Wildman–Crippen MR) is 125 cm³/mol. The Hall–Kier alpha value is -3.12. The van der Waals surface area contributed by atoms with Crippen molar-refractivity contribution in [3.63, 3.8) is 0 Å². The van der Waals surface area contributed by atoms with E-state index in [1.165, 1.54) is 0 Å². The molecule has 3 rings (SSSR count). The maximum Gasteiger partial charge on any atom is 0.273 e. The van der Waals surface area contributed by atoms with E-state index in [9.17, 15) is 9.59 Å². The van der Waals surface area contributed by atoms with Gasteiger partial charge in [-0.05, 0) is 35.7 Å². The Balaban J connectivity index is 1.75. The lowest BCUT2D eigenvalue weighted by atomic mass is 9.91. The van der Waals surface area contributed by atoms with Crippen LogP contribution in [-0.4, -0.2) is 18.4 Å². The Labute approximate surface area is 190 Å². The smallest absolute Gasteiger partial charge is 0.273 e. The summed E-state index contributed by atoms with van der Waals surface area (Å²) in [6.07, 6.45) is 1.89. The van der Waals surface area contributed by atoms with E-state index in [1.807, 2.05) is 66.7 Å². The van der Waals surface area contributed by atoms with Crippen LogP contribution in [-0.2, 0) is 4.79 Å². The zero-order chi connectivity index (χ0) is 22.1. The molecule has 0 saturated heterocycles. The number of carbonyl (C=O) groups excluding carboxylic acids is 2. The summed E-state index contributed by atoms with van der Waals surface area (Å²) in [4.78, 5) is 25.9. The van der Waals surface area contributed by atoms with Crippen LogP contribution in [0.5, 0.6) is 5.75 Å². The van der Waals surface area contributed by atoms with Crippen LogP contribution in [0.1, 0.15) is 47.2 Å². The number of unbranched alkanes of at least 4 members (excludes halogenated alkanes) is 1. The summed E-state index contributed by atoms with van der Waals surface area (Å²) in [5.74, 6) is -0.841. The summed E-state index contributed by atoms with van der Waals surface area (Å²) < 4.78 is 6.50. The molecule has 0 aliphatic carbocycles. The van der Waals surface area contributed by atoms with Gasteiger partial charge in [0.2, 0.25) is 5.91 Å². The molecule has 0 saturated carbocycles. The van der Waals surface area contributed by atoms with E-state index in [0.29, 0.717) is 17.9 Å². The van der Waals surface area contributed by atoms with Crippen molar-refractivity contribution in [3.8, 4) is 5.75 Å².